The number of nitrogens with one attached hydrogen (secondary N) is 1. The maximum Gasteiger partial charge on any atom is 0.256 e. The van der Waals surface area contributed by atoms with Gasteiger partial charge in [0.1, 0.15) is 5.56 Å². The maximum atomic E-state index is 12.2. The molecule has 1 N–H and O–H groups in total. The molecular formula is C20H29N5O. The second-order valence-corrected chi connectivity index (χ2v) is 7.77. The van der Waals surface area contributed by atoms with E-state index in [0.717, 1.165) is 12.5 Å². The van der Waals surface area contributed by atoms with Crippen LogP contribution in [0, 0.1) is 5.92 Å². The van der Waals surface area contributed by atoms with E-state index in [2.05, 4.69) is 26.4 Å². The molecule has 2 fully saturated rings. The van der Waals surface area contributed by atoms with Crippen LogP contribution in [0.3, 0.4) is 0 Å². The van der Waals surface area contributed by atoms with Crippen LogP contribution in [-0.2, 0) is 0 Å². The fourth-order valence-electron chi connectivity index (χ4n) is 4.66. The zero-order valence-corrected chi connectivity index (χ0v) is 15.7. The van der Waals surface area contributed by atoms with Gasteiger partial charge < -0.3 is 10.2 Å². The predicted molar refractivity (Wildman–Crippen MR) is 101 cm³/mol. The first kappa shape index (κ1) is 17.5. The summed E-state index contributed by atoms with van der Waals surface area (Å²) in [6, 6.07) is 2.07. The average molecular weight is 355 g/mol. The molecule has 2 aromatic rings. The molecule has 1 saturated carbocycles. The Morgan fingerprint density at radius 3 is 2.92 bits per heavy atom. The smallest absolute Gasteiger partial charge is 0.256 e. The first-order valence-electron chi connectivity index (χ1n) is 10.1. The molecule has 1 aliphatic heterocycles. The van der Waals surface area contributed by atoms with Crippen LogP contribution in [-0.4, -0.2) is 51.6 Å². The van der Waals surface area contributed by atoms with Gasteiger partial charge in [-0.25, -0.2) is 9.50 Å². The molecule has 1 unspecified atom stereocenters. The van der Waals surface area contributed by atoms with E-state index in [-0.39, 0.29) is 5.91 Å². The number of carbonyl (C=O) groups excluding carboxylic acids is 1. The number of carbonyl (C=O) groups is 1. The van der Waals surface area contributed by atoms with Gasteiger partial charge in [0.05, 0.1) is 11.9 Å². The van der Waals surface area contributed by atoms with E-state index < -0.39 is 0 Å². The van der Waals surface area contributed by atoms with Crippen LogP contribution < -0.4 is 5.32 Å². The van der Waals surface area contributed by atoms with Crippen molar-refractivity contribution in [2.24, 2.45) is 5.92 Å². The average Bonchev–Trinajstić information content (AvgIpc) is 3.31. The largest absolute Gasteiger partial charge is 0.352 e. The van der Waals surface area contributed by atoms with Crippen LogP contribution in [0.2, 0.25) is 0 Å². The molecule has 0 aromatic carbocycles. The highest BCUT2D eigenvalue weighted by atomic mass is 16.1. The minimum Gasteiger partial charge on any atom is -0.352 e. The van der Waals surface area contributed by atoms with Crippen molar-refractivity contribution in [1.29, 1.82) is 0 Å². The molecule has 6 heteroatoms. The van der Waals surface area contributed by atoms with Crippen molar-refractivity contribution in [1.82, 2.24) is 24.8 Å². The number of rotatable bonds is 5. The minimum absolute atomic E-state index is 0.0985. The highest BCUT2D eigenvalue weighted by Gasteiger charge is 2.27. The monoisotopic (exact) mass is 355 g/mol. The second-order valence-electron chi connectivity index (χ2n) is 7.77. The highest BCUT2D eigenvalue weighted by molar-refractivity contribution is 5.99. The zero-order valence-electron chi connectivity index (χ0n) is 15.7. The zero-order chi connectivity index (χ0) is 17.9. The summed E-state index contributed by atoms with van der Waals surface area (Å²) in [6.45, 7) is 6.07. The number of hydrogen-bond donors (Lipinski definition) is 1. The molecule has 140 valence electrons. The number of amides is 1. The van der Waals surface area contributed by atoms with Crippen molar-refractivity contribution >= 4 is 11.6 Å². The molecule has 1 saturated heterocycles. The van der Waals surface area contributed by atoms with Gasteiger partial charge in [-0.3, -0.25) is 4.79 Å². The Labute approximate surface area is 155 Å². The van der Waals surface area contributed by atoms with E-state index in [1.807, 2.05) is 17.6 Å². The molecule has 26 heavy (non-hydrogen) atoms. The lowest BCUT2D eigenvalue weighted by atomic mass is 9.93. The summed E-state index contributed by atoms with van der Waals surface area (Å²) < 4.78 is 1.88. The summed E-state index contributed by atoms with van der Waals surface area (Å²) in [5.74, 6) is 1.25. The third kappa shape index (κ3) is 3.47. The van der Waals surface area contributed by atoms with E-state index in [1.165, 1.54) is 57.3 Å². The first-order valence-corrected chi connectivity index (χ1v) is 10.1. The molecule has 1 atom stereocenters. The van der Waals surface area contributed by atoms with Gasteiger partial charge in [0.15, 0.2) is 5.65 Å². The van der Waals surface area contributed by atoms with E-state index in [9.17, 15) is 4.79 Å². The summed E-state index contributed by atoms with van der Waals surface area (Å²) in [5, 5.41) is 7.35. The lowest BCUT2D eigenvalue weighted by Gasteiger charge is -2.34. The van der Waals surface area contributed by atoms with Crippen molar-refractivity contribution in [2.45, 2.75) is 51.4 Å². The van der Waals surface area contributed by atoms with Crippen molar-refractivity contribution in [2.75, 3.05) is 26.2 Å². The molecular weight excluding hydrogens is 326 g/mol. The first-order chi connectivity index (χ1) is 12.8. The maximum absolute atomic E-state index is 12.2. The van der Waals surface area contributed by atoms with Crippen LogP contribution >= 0.6 is 0 Å². The minimum atomic E-state index is -0.0985. The van der Waals surface area contributed by atoms with E-state index in [1.54, 1.807) is 6.20 Å². The number of fused-ring (bicyclic) bond motifs is 1. The molecule has 0 bridgehead atoms. The lowest BCUT2D eigenvalue weighted by Crippen LogP contribution is -2.37. The van der Waals surface area contributed by atoms with Crippen LogP contribution in [0.25, 0.3) is 5.65 Å². The highest BCUT2D eigenvalue weighted by Crippen LogP contribution is 2.31. The van der Waals surface area contributed by atoms with Crippen LogP contribution in [0.4, 0.5) is 0 Å². The molecule has 2 aliphatic rings. The van der Waals surface area contributed by atoms with E-state index in [0.29, 0.717) is 23.7 Å². The van der Waals surface area contributed by atoms with Gasteiger partial charge in [-0.05, 0) is 51.1 Å². The summed E-state index contributed by atoms with van der Waals surface area (Å²) >= 11 is 0. The van der Waals surface area contributed by atoms with Gasteiger partial charge in [-0.1, -0.05) is 12.8 Å². The molecule has 0 spiro atoms. The molecule has 1 amide bonds. The molecule has 4 rings (SSSR count). The van der Waals surface area contributed by atoms with E-state index >= 15 is 0 Å². The second kappa shape index (κ2) is 7.74. The Bertz CT molecular complexity index is 765. The Morgan fingerprint density at radius 2 is 2.12 bits per heavy atom. The fraction of sp³-hybridized carbons (Fsp3) is 0.650. The summed E-state index contributed by atoms with van der Waals surface area (Å²) in [4.78, 5) is 19.3. The van der Waals surface area contributed by atoms with Gasteiger partial charge in [-0.15, -0.1) is 0 Å². The quantitative estimate of drug-likeness (QED) is 0.896. The van der Waals surface area contributed by atoms with Crippen LogP contribution in [0.15, 0.2) is 18.5 Å². The third-order valence-corrected chi connectivity index (χ3v) is 5.93. The van der Waals surface area contributed by atoms with Gasteiger partial charge in [0.2, 0.25) is 0 Å². The fourth-order valence-corrected chi connectivity index (χ4v) is 4.66. The number of aromatic nitrogens is 3. The van der Waals surface area contributed by atoms with Crippen molar-refractivity contribution in [3.63, 3.8) is 0 Å². The number of piperidine rings is 1. The summed E-state index contributed by atoms with van der Waals surface area (Å²) in [7, 11) is 0. The van der Waals surface area contributed by atoms with Crippen LogP contribution in [0.5, 0.6) is 0 Å². The lowest BCUT2D eigenvalue weighted by molar-refractivity contribution is 0.0957. The Morgan fingerprint density at radius 1 is 1.27 bits per heavy atom. The van der Waals surface area contributed by atoms with Crippen molar-refractivity contribution in [3.05, 3.63) is 29.7 Å². The summed E-state index contributed by atoms with van der Waals surface area (Å²) in [6.07, 6.45) is 11.5. The number of nitrogens with zero attached hydrogens (tertiary/aromatic N) is 4. The predicted octanol–water partition coefficient (Wildman–Crippen LogP) is 2.85. The van der Waals surface area contributed by atoms with Crippen molar-refractivity contribution < 1.29 is 4.79 Å². The molecule has 3 heterocycles. The Kier molecular flexibility index (Phi) is 5.20. The normalized spacial score (nSPS) is 22.1. The molecule has 0 radical (unpaired) electrons. The Balaban J connectivity index is 1.54. The topological polar surface area (TPSA) is 62.5 Å². The standard InChI is InChI=1S/C20H29N5O/c1-2-21-20(26)17-12-23-25-18(9-10-22-19(17)25)16-8-5-11-24(14-16)13-15-6-3-4-7-15/h9-10,12,15-16H,2-8,11,13-14H2,1H3,(H,21,26). The number of likely N-dealkylation sites (tertiary alicyclic amines) is 1. The van der Waals surface area contributed by atoms with Crippen molar-refractivity contribution in [3.8, 4) is 0 Å². The van der Waals surface area contributed by atoms with Crippen LogP contribution in [0.1, 0.15) is 67.4 Å². The summed E-state index contributed by atoms with van der Waals surface area (Å²) in [5.41, 5.74) is 2.41. The Hall–Kier alpha value is -1.95. The third-order valence-electron chi connectivity index (χ3n) is 5.93. The molecule has 2 aromatic heterocycles. The van der Waals surface area contributed by atoms with E-state index in [4.69, 9.17) is 0 Å². The number of hydrogen-bond acceptors (Lipinski definition) is 4. The van der Waals surface area contributed by atoms with Gasteiger partial charge in [0, 0.05) is 31.7 Å². The van der Waals surface area contributed by atoms with Gasteiger partial charge in [-0.2, -0.15) is 5.10 Å². The molecule has 1 aliphatic carbocycles. The SMILES string of the molecule is CCNC(=O)c1cnn2c(C3CCCN(CC4CCCC4)C3)ccnc12. The van der Waals surface area contributed by atoms with Gasteiger partial charge in [0.25, 0.3) is 5.91 Å². The molecule has 6 nitrogen and oxygen atoms in total. The van der Waals surface area contributed by atoms with Gasteiger partial charge >= 0.3 is 0 Å².